The maximum Gasteiger partial charge on any atom is 0.244 e. The lowest BCUT2D eigenvalue weighted by Crippen LogP contribution is -2.58. The Morgan fingerprint density at radius 3 is 2.17 bits per heavy atom. The Balaban J connectivity index is 1.74. The summed E-state index contributed by atoms with van der Waals surface area (Å²) in [6.07, 6.45) is 4.30. The molecule has 134 valence electrons. The molecule has 0 amide bonds. The Labute approximate surface area is 152 Å². The number of sulfone groups is 1. The molecule has 2 aliphatic rings. The third-order valence-corrected chi connectivity index (χ3v) is 9.98. The van der Waals surface area contributed by atoms with Gasteiger partial charge in [-0.2, -0.15) is 4.31 Å². The van der Waals surface area contributed by atoms with Gasteiger partial charge < -0.3 is 0 Å². The first kappa shape index (κ1) is 18.5. The molecule has 1 aliphatic carbocycles. The SMILES string of the molecule is O=S(=O)(C1CCCCC1)C1CN(S(=O)(=O)c2cc(Cl)ccc2Cl)C1. The molecule has 1 heterocycles. The van der Waals surface area contributed by atoms with E-state index in [2.05, 4.69) is 0 Å². The zero-order chi connectivity index (χ0) is 17.5. The summed E-state index contributed by atoms with van der Waals surface area (Å²) < 4.78 is 51.7. The number of hydrogen-bond acceptors (Lipinski definition) is 4. The average Bonchev–Trinajstić information content (AvgIpc) is 2.48. The van der Waals surface area contributed by atoms with Gasteiger partial charge >= 0.3 is 0 Å². The molecule has 2 fully saturated rings. The van der Waals surface area contributed by atoms with Crippen molar-refractivity contribution in [1.82, 2.24) is 4.31 Å². The Bertz CT molecular complexity index is 827. The Morgan fingerprint density at radius 1 is 0.917 bits per heavy atom. The fourth-order valence-electron chi connectivity index (χ4n) is 3.28. The number of benzene rings is 1. The summed E-state index contributed by atoms with van der Waals surface area (Å²) in [6.45, 7) is -0.0198. The standard InChI is InChI=1S/C15H19Cl2NO4S2/c16-11-6-7-14(17)15(8-11)24(21,22)18-9-13(10-18)23(19,20)12-4-2-1-3-5-12/h6-8,12-13H,1-5,9-10H2. The molecule has 1 aromatic rings. The Hall–Kier alpha value is -0.340. The summed E-state index contributed by atoms with van der Waals surface area (Å²) in [5.74, 6) is 0. The highest BCUT2D eigenvalue weighted by atomic mass is 35.5. The first-order chi connectivity index (χ1) is 11.2. The predicted molar refractivity (Wildman–Crippen MR) is 94.8 cm³/mol. The van der Waals surface area contributed by atoms with Crippen molar-refractivity contribution in [3.63, 3.8) is 0 Å². The van der Waals surface area contributed by atoms with Crippen LogP contribution in [0.1, 0.15) is 32.1 Å². The minimum atomic E-state index is -3.83. The fraction of sp³-hybridized carbons (Fsp3) is 0.600. The van der Waals surface area contributed by atoms with E-state index in [1.54, 1.807) is 0 Å². The van der Waals surface area contributed by atoms with Crippen LogP contribution >= 0.6 is 23.2 Å². The lowest BCUT2D eigenvalue weighted by atomic mass is 10.0. The number of rotatable bonds is 4. The minimum absolute atomic E-state index is 0.00991. The second-order valence-corrected chi connectivity index (χ2v) is 11.6. The summed E-state index contributed by atoms with van der Waals surface area (Å²) in [7, 11) is -7.11. The van der Waals surface area contributed by atoms with Gasteiger partial charge in [0.1, 0.15) is 4.90 Å². The number of halogens is 2. The summed E-state index contributed by atoms with van der Waals surface area (Å²) in [5.41, 5.74) is 0. The van der Waals surface area contributed by atoms with Gasteiger partial charge in [0.25, 0.3) is 0 Å². The molecule has 0 unspecified atom stereocenters. The second-order valence-electron chi connectivity index (χ2n) is 6.37. The van der Waals surface area contributed by atoms with Crippen LogP contribution in [-0.4, -0.2) is 44.7 Å². The van der Waals surface area contributed by atoms with Crippen LogP contribution in [0.15, 0.2) is 23.1 Å². The van der Waals surface area contributed by atoms with E-state index in [0.29, 0.717) is 12.8 Å². The van der Waals surface area contributed by atoms with Gasteiger partial charge in [-0.1, -0.05) is 42.5 Å². The van der Waals surface area contributed by atoms with Crippen molar-refractivity contribution in [2.45, 2.75) is 47.5 Å². The Morgan fingerprint density at radius 2 is 1.54 bits per heavy atom. The smallest absolute Gasteiger partial charge is 0.228 e. The number of hydrogen-bond donors (Lipinski definition) is 0. The zero-order valence-electron chi connectivity index (χ0n) is 13.0. The summed E-state index contributed by atoms with van der Waals surface area (Å²) in [5, 5.41) is -0.591. The molecule has 1 aliphatic heterocycles. The molecule has 24 heavy (non-hydrogen) atoms. The largest absolute Gasteiger partial charge is 0.244 e. The van der Waals surface area contributed by atoms with Crippen molar-refractivity contribution in [2.24, 2.45) is 0 Å². The molecular weight excluding hydrogens is 393 g/mol. The molecule has 1 aromatic carbocycles. The third-order valence-electron chi connectivity index (χ3n) is 4.81. The van der Waals surface area contributed by atoms with Gasteiger partial charge in [-0.3, -0.25) is 0 Å². The van der Waals surface area contributed by atoms with E-state index in [1.807, 2.05) is 0 Å². The first-order valence-electron chi connectivity index (χ1n) is 7.91. The van der Waals surface area contributed by atoms with Crippen molar-refractivity contribution < 1.29 is 16.8 Å². The van der Waals surface area contributed by atoms with E-state index < -0.39 is 25.1 Å². The lowest BCUT2D eigenvalue weighted by Gasteiger charge is -2.39. The minimum Gasteiger partial charge on any atom is -0.228 e. The fourth-order valence-corrected chi connectivity index (χ4v) is 8.05. The molecule has 0 N–H and O–H groups in total. The van der Waals surface area contributed by atoms with Crippen molar-refractivity contribution in [3.8, 4) is 0 Å². The van der Waals surface area contributed by atoms with Crippen LogP contribution in [0.3, 0.4) is 0 Å². The molecule has 0 spiro atoms. The van der Waals surface area contributed by atoms with Crippen molar-refractivity contribution in [1.29, 1.82) is 0 Å². The molecule has 0 aromatic heterocycles. The van der Waals surface area contributed by atoms with Gasteiger partial charge in [-0.05, 0) is 31.0 Å². The quantitative estimate of drug-likeness (QED) is 0.762. The van der Waals surface area contributed by atoms with Crippen LogP contribution in [0, 0.1) is 0 Å². The van der Waals surface area contributed by atoms with E-state index in [9.17, 15) is 16.8 Å². The molecule has 5 nitrogen and oxygen atoms in total. The summed E-state index contributed by atoms with van der Waals surface area (Å²) in [4.78, 5) is -0.0785. The number of sulfonamides is 1. The van der Waals surface area contributed by atoms with E-state index in [4.69, 9.17) is 23.2 Å². The van der Waals surface area contributed by atoms with Crippen molar-refractivity contribution in [2.75, 3.05) is 13.1 Å². The third kappa shape index (κ3) is 3.33. The summed E-state index contributed by atoms with van der Waals surface area (Å²) >= 11 is 11.8. The molecule has 1 saturated carbocycles. The highest BCUT2D eigenvalue weighted by Crippen LogP contribution is 2.34. The topological polar surface area (TPSA) is 71.5 Å². The van der Waals surface area contributed by atoms with Gasteiger partial charge in [0, 0.05) is 18.1 Å². The first-order valence-corrected chi connectivity index (χ1v) is 11.7. The van der Waals surface area contributed by atoms with Crippen LogP contribution in [0.4, 0.5) is 0 Å². The molecule has 0 bridgehead atoms. The molecule has 3 rings (SSSR count). The van der Waals surface area contributed by atoms with E-state index >= 15 is 0 Å². The van der Waals surface area contributed by atoms with Crippen LogP contribution in [0.25, 0.3) is 0 Å². The maximum atomic E-state index is 12.6. The average molecular weight is 412 g/mol. The van der Waals surface area contributed by atoms with Gasteiger partial charge in [0.15, 0.2) is 9.84 Å². The highest BCUT2D eigenvalue weighted by Gasteiger charge is 2.46. The van der Waals surface area contributed by atoms with Crippen LogP contribution in [-0.2, 0) is 19.9 Å². The maximum absolute atomic E-state index is 12.6. The van der Waals surface area contributed by atoms with E-state index in [-0.39, 0.29) is 33.3 Å². The van der Waals surface area contributed by atoms with Crippen LogP contribution in [0.2, 0.25) is 10.0 Å². The lowest BCUT2D eigenvalue weighted by molar-refractivity contribution is 0.306. The monoisotopic (exact) mass is 411 g/mol. The summed E-state index contributed by atoms with van der Waals surface area (Å²) in [6, 6.07) is 4.23. The van der Waals surface area contributed by atoms with Crippen LogP contribution in [0.5, 0.6) is 0 Å². The number of nitrogens with zero attached hydrogens (tertiary/aromatic N) is 1. The van der Waals surface area contributed by atoms with Gasteiger partial charge in [-0.15, -0.1) is 0 Å². The van der Waals surface area contributed by atoms with E-state index in [0.717, 1.165) is 23.6 Å². The molecular formula is C15H19Cl2NO4S2. The van der Waals surface area contributed by atoms with Crippen LogP contribution < -0.4 is 0 Å². The molecule has 9 heteroatoms. The van der Waals surface area contributed by atoms with Crippen molar-refractivity contribution in [3.05, 3.63) is 28.2 Å². The Kier molecular flexibility index (Phi) is 5.20. The normalized spacial score (nSPS) is 21.6. The predicted octanol–water partition coefficient (Wildman–Crippen LogP) is 3.11. The van der Waals surface area contributed by atoms with Gasteiger partial charge in [-0.25, -0.2) is 16.8 Å². The zero-order valence-corrected chi connectivity index (χ0v) is 16.1. The molecule has 0 atom stereocenters. The van der Waals surface area contributed by atoms with Gasteiger partial charge in [0.05, 0.1) is 15.5 Å². The van der Waals surface area contributed by atoms with E-state index in [1.165, 1.54) is 18.2 Å². The van der Waals surface area contributed by atoms with Crippen molar-refractivity contribution >= 4 is 43.1 Å². The molecule has 0 radical (unpaired) electrons. The van der Waals surface area contributed by atoms with Gasteiger partial charge in [0.2, 0.25) is 10.0 Å². The molecule has 1 saturated heterocycles. The highest BCUT2D eigenvalue weighted by molar-refractivity contribution is 7.93. The second kappa shape index (κ2) is 6.76.